The molecule has 3 aromatic rings. The highest BCUT2D eigenvalue weighted by Gasteiger charge is 2.31. The Labute approximate surface area is 244 Å². The Hall–Kier alpha value is -3.48. The molecule has 0 saturated carbocycles. The molecule has 2 aromatic carbocycles. The van der Waals surface area contributed by atoms with E-state index in [9.17, 15) is 9.59 Å². The van der Waals surface area contributed by atoms with Gasteiger partial charge >= 0.3 is 5.97 Å². The molecule has 0 aliphatic rings. The van der Waals surface area contributed by atoms with Gasteiger partial charge in [0.2, 0.25) is 0 Å². The van der Waals surface area contributed by atoms with Crippen molar-refractivity contribution in [1.82, 2.24) is 10.3 Å². The predicted molar refractivity (Wildman–Crippen MR) is 163 cm³/mol. The Morgan fingerprint density at radius 2 is 1.65 bits per heavy atom. The number of rotatable bonds is 14. The number of ether oxygens (including phenoxy) is 2. The second-order valence-electron chi connectivity index (χ2n) is 9.99. The molecule has 0 unspecified atom stereocenters. The van der Waals surface area contributed by atoms with Crippen LogP contribution in [-0.4, -0.2) is 35.6 Å². The van der Waals surface area contributed by atoms with Gasteiger partial charge in [-0.05, 0) is 93.5 Å². The molecule has 3 rings (SSSR count). The van der Waals surface area contributed by atoms with Crippen molar-refractivity contribution < 1.29 is 19.1 Å². The van der Waals surface area contributed by atoms with Gasteiger partial charge in [0.15, 0.2) is 0 Å². The van der Waals surface area contributed by atoms with E-state index in [2.05, 4.69) is 41.5 Å². The minimum atomic E-state index is -1.12. The number of aromatic nitrogens is 1. The first-order valence-electron chi connectivity index (χ1n) is 13.7. The fourth-order valence-electron chi connectivity index (χ4n) is 4.01. The number of hydrogen-bond donors (Lipinski definition) is 1. The highest BCUT2D eigenvalue weighted by Crippen LogP contribution is 2.13. The molecular weight excluding hydrogens is 524 g/mol. The van der Waals surface area contributed by atoms with Crippen molar-refractivity contribution >= 4 is 36.4 Å². The summed E-state index contributed by atoms with van der Waals surface area (Å²) < 4.78 is 10.9. The van der Waals surface area contributed by atoms with Crippen molar-refractivity contribution in [2.45, 2.75) is 65.5 Å². The fourth-order valence-corrected chi connectivity index (χ4v) is 4.01. The molecule has 40 heavy (non-hydrogen) atoms. The van der Waals surface area contributed by atoms with Crippen LogP contribution < -0.4 is 5.32 Å². The first-order valence-corrected chi connectivity index (χ1v) is 13.7. The Kier molecular flexibility index (Phi) is 13.6. The van der Waals surface area contributed by atoms with Crippen LogP contribution in [0, 0.1) is 0 Å². The Bertz CT molecular complexity index is 1260. The smallest absolute Gasteiger partial charge is 0.331 e. The molecule has 1 amide bonds. The second-order valence-corrected chi connectivity index (χ2v) is 9.99. The maximum atomic E-state index is 12.7. The minimum Gasteiger partial charge on any atom is -0.464 e. The van der Waals surface area contributed by atoms with Crippen LogP contribution in [-0.2, 0) is 33.7 Å². The SMILES string of the molecule is CCOC(=O)C(C)(C)NC(=O)c1cccc(/C=C/c2cccc(COCCCCc3ccc(CC)cc3)n2)c1.Cl. The topological polar surface area (TPSA) is 77.5 Å². The molecule has 0 bridgehead atoms. The van der Waals surface area contributed by atoms with Crippen LogP contribution in [0.2, 0.25) is 0 Å². The second kappa shape index (κ2) is 16.6. The van der Waals surface area contributed by atoms with Gasteiger partial charge in [-0.1, -0.05) is 55.5 Å². The number of hydrogen-bond acceptors (Lipinski definition) is 5. The van der Waals surface area contributed by atoms with Gasteiger partial charge in [0.05, 0.1) is 24.6 Å². The number of aryl methyl sites for hydroxylation is 2. The number of carbonyl (C=O) groups excluding carboxylic acids is 2. The number of benzene rings is 2. The van der Waals surface area contributed by atoms with Crippen LogP contribution in [0.25, 0.3) is 12.2 Å². The van der Waals surface area contributed by atoms with Gasteiger partial charge in [0.25, 0.3) is 5.91 Å². The van der Waals surface area contributed by atoms with Crippen molar-refractivity contribution in [2.24, 2.45) is 0 Å². The lowest BCUT2D eigenvalue weighted by atomic mass is 10.0. The molecule has 214 valence electrons. The van der Waals surface area contributed by atoms with Crippen LogP contribution in [0.4, 0.5) is 0 Å². The molecule has 0 fully saturated rings. The zero-order chi connectivity index (χ0) is 28.1. The molecular formula is C33H41ClN2O4. The molecule has 6 nitrogen and oxygen atoms in total. The summed E-state index contributed by atoms with van der Waals surface area (Å²) >= 11 is 0. The maximum absolute atomic E-state index is 12.7. The Balaban J connectivity index is 0.00000560. The fraction of sp³-hybridized carbons (Fsp3) is 0.364. The number of unbranched alkanes of at least 4 members (excludes halogenated alkanes) is 1. The van der Waals surface area contributed by atoms with Crippen molar-refractivity contribution in [3.05, 3.63) is 100 Å². The van der Waals surface area contributed by atoms with E-state index in [-0.39, 0.29) is 24.9 Å². The summed E-state index contributed by atoms with van der Waals surface area (Å²) in [5.74, 6) is -0.808. The van der Waals surface area contributed by atoms with Crippen LogP contribution in [0.15, 0.2) is 66.7 Å². The largest absolute Gasteiger partial charge is 0.464 e. The summed E-state index contributed by atoms with van der Waals surface area (Å²) in [6.07, 6.45) is 8.07. The molecule has 1 heterocycles. The minimum absolute atomic E-state index is 0. The van der Waals surface area contributed by atoms with Gasteiger partial charge in [0, 0.05) is 12.2 Å². The molecule has 0 atom stereocenters. The predicted octanol–water partition coefficient (Wildman–Crippen LogP) is 6.85. The number of halogens is 1. The number of nitrogens with one attached hydrogen (secondary N) is 1. The van der Waals surface area contributed by atoms with Crippen LogP contribution in [0.5, 0.6) is 0 Å². The van der Waals surface area contributed by atoms with E-state index in [0.717, 1.165) is 42.6 Å². The van der Waals surface area contributed by atoms with Crippen LogP contribution in [0.3, 0.4) is 0 Å². The van der Waals surface area contributed by atoms with Crippen molar-refractivity contribution in [2.75, 3.05) is 13.2 Å². The third-order valence-corrected chi connectivity index (χ3v) is 6.32. The number of pyridine rings is 1. The maximum Gasteiger partial charge on any atom is 0.331 e. The molecule has 7 heteroatoms. The monoisotopic (exact) mass is 564 g/mol. The van der Waals surface area contributed by atoms with E-state index in [1.165, 1.54) is 11.1 Å². The lowest BCUT2D eigenvalue weighted by Crippen LogP contribution is -2.50. The van der Waals surface area contributed by atoms with Gasteiger partial charge in [-0.25, -0.2) is 4.79 Å². The van der Waals surface area contributed by atoms with E-state index >= 15 is 0 Å². The molecule has 1 aromatic heterocycles. The average molecular weight is 565 g/mol. The van der Waals surface area contributed by atoms with Crippen molar-refractivity contribution in [1.29, 1.82) is 0 Å². The van der Waals surface area contributed by atoms with Gasteiger partial charge in [-0.15, -0.1) is 12.4 Å². The molecule has 0 aliphatic heterocycles. The van der Waals surface area contributed by atoms with Crippen molar-refractivity contribution in [3.8, 4) is 0 Å². The molecule has 0 saturated heterocycles. The summed E-state index contributed by atoms with van der Waals surface area (Å²) in [4.78, 5) is 29.5. The zero-order valence-corrected chi connectivity index (χ0v) is 24.8. The number of esters is 1. The number of nitrogens with zero attached hydrogens (tertiary/aromatic N) is 1. The summed E-state index contributed by atoms with van der Waals surface area (Å²) in [5, 5.41) is 2.75. The summed E-state index contributed by atoms with van der Waals surface area (Å²) in [7, 11) is 0. The van der Waals surface area contributed by atoms with Gasteiger partial charge < -0.3 is 14.8 Å². The van der Waals surface area contributed by atoms with E-state index < -0.39 is 11.5 Å². The molecule has 0 spiro atoms. The van der Waals surface area contributed by atoms with E-state index in [0.29, 0.717) is 18.8 Å². The van der Waals surface area contributed by atoms with Crippen LogP contribution in [0.1, 0.15) is 79.0 Å². The summed E-state index contributed by atoms with van der Waals surface area (Å²) in [5.41, 5.74) is 4.63. The highest BCUT2D eigenvalue weighted by atomic mass is 35.5. The molecule has 0 radical (unpaired) electrons. The third-order valence-electron chi connectivity index (χ3n) is 6.32. The number of amides is 1. The first-order chi connectivity index (χ1) is 18.8. The van der Waals surface area contributed by atoms with E-state index in [1.807, 2.05) is 42.5 Å². The van der Waals surface area contributed by atoms with Gasteiger partial charge in [0.1, 0.15) is 5.54 Å². The zero-order valence-electron chi connectivity index (χ0n) is 23.9. The summed E-state index contributed by atoms with van der Waals surface area (Å²) in [6, 6.07) is 21.9. The third kappa shape index (κ3) is 10.6. The van der Waals surface area contributed by atoms with Crippen LogP contribution >= 0.6 is 12.4 Å². The molecule has 0 aliphatic carbocycles. The normalized spacial score (nSPS) is 11.2. The van der Waals surface area contributed by atoms with Gasteiger partial charge in [-0.3, -0.25) is 9.78 Å². The van der Waals surface area contributed by atoms with Gasteiger partial charge in [-0.2, -0.15) is 0 Å². The Morgan fingerprint density at radius 1 is 0.925 bits per heavy atom. The lowest BCUT2D eigenvalue weighted by molar-refractivity contribution is -0.149. The Morgan fingerprint density at radius 3 is 2.38 bits per heavy atom. The first kappa shape index (κ1) is 32.7. The van der Waals surface area contributed by atoms with E-state index in [4.69, 9.17) is 9.47 Å². The van der Waals surface area contributed by atoms with Crippen molar-refractivity contribution in [3.63, 3.8) is 0 Å². The quantitative estimate of drug-likeness (QED) is 0.171. The molecule has 1 N–H and O–H groups in total. The van der Waals surface area contributed by atoms with E-state index in [1.54, 1.807) is 32.9 Å². The highest BCUT2D eigenvalue weighted by molar-refractivity contribution is 5.98. The average Bonchev–Trinajstić information content (AvgIpc) is 2.94. The standard InChI is InChI=1S/C33H40N2O4.ClH/c1-5-25-16-18-26(19-17-25)11-7-8-22-38-24-30-15-10-14-29(34-30)21-20-27-12-9-13-28(23-27)31(36)35-33(3,4)32(37)39-6-2;/h9-10,12-21,23H,5-8,11,22,24H2,1-4H3,(H,35,36);1H/b21-20+;. The number of carbonyl (C=O) groups is 2. The summed E-state index contributed by atoms with van der Waals surface area (Å²) in [6.45, 7) is 8.60. The lowest BCUT2D eigenvalue weighted by Gasteiger charge is -2.23.